The Kier molecular flexibility index (Phi) is 21.5. The summed E-state index contributed by atoms with van der Waals surface area (Å²) in [7, 11) is -14.9. The monoisotopic (exact) mass is 1690 g/mol. The number of nitrogens with one attached hydrogen (secondary N) is 4. The largest absolute Gasteiger partial charge is 0.369 e. The predicted octanol–water partition coefficient (Wildman–Crippen LogP) is 9.84. The molecule has 16 rings (SSSR count). The van der Waals surface area contributed by atoms with Gasteiger partial charge in [-0.3, -0.25) is 0 Å². The van der Waals surface area contributed by atoms with Crippen LogP contribution in [0.25, 0.3) is 43.6 Å². The minimum absolute atomic E-state index is 0.201. The van der Waals surface area contributed by atoms with E-state index >= 15 is 0 Å². The van der Waals surface area contributed by atoms with Crippen molar-refractivity contribution < 1.29 is 33.7 Å². The fourth-order valence-corrected chi connectivity index (χ4v) is 20.5. The Morgan fingerprint density at radius 2 is 0.677 bits per heavy atom. The summed E-state index contributed by atoms with van der Waals surface area (Å²) in [6.07, 6.45) is 6.40. The van der Waals surface area contributed by atoms with Gasteiger partial charge >= 0.3 is 0 Å². The highest BCUT2D eigenvalue weighted by molar-refractivity contribution is 9.11. The van der Waals surface area contributed by atoms with Gasteiger partial charge in [0.05, 0.1) is 60.4 Å². The molecule has 4 N–H and O–H groups in total. The molecule has 33 heteroatoms. The standard InChI is InChI=1S/3C17H17BrN4O2S.C15H15BrN4O2S2/c18-14-1-4-16(5-2-14)25(23,24)22-17-6-3-15(11-13(17)12-20-22)21-9-7-19-8-10-21;18-14-2-5-16(6-3-14)25(23,24)22-17-11-15(4-1-13(17)12-20-22)21-9-7-19-8-10-21;18-15-3-1-2-4-17(15)25(23,24)22-16-11-14(6-5-13(16)12-20-22)21-9-7-19-8-10-21;16-14-3-4-15(23-14)24(21,22)20-13-2-1-12(9-11(13)10-18-20)19-7-5-17-6-8-19/h3*1-6,11-12,19H,7-10H2;1-4,9-10,17H,5-8H2. The van der Waals surface area contributed by atoms with Crippen molar-refractivity contribution in [2.75, 3.05) is 124 Å². The van der Waals surface area contributed by atoms with Crippen molar-refractivity contribution in [3.8, 4) is 0 Å². The molecule has 0 spiro atoms. The Labute approximate surface area is 610 Å². The predicted molar refractivity (Wildman–Crippen MR) is 404 cm³/mol. The smallest absolute Gasteiger partial charge is 0.293 e. The maximum absolute atomic E-state index is 13.1. The van der Waals surface area contributed by atoms with Crippen LogP contribution in [-0.2, 0) is 40.1 Å². The van der Waals surface area contributed by atoms with Crippen LogP contribution in [-0.4, -0.2) is 175 Å². The van der Waals surface area contributed by atoms with E-state index in [9.17, 15) is 33.7 Å². The normalized spacial score (nSPS) is 15.7. The summed E-state index contributed by atoms with van der Waals surface area (Å²) in [6.45, 7) is 14.9. The first-order chi connectivity index (χ1) is 47.7. The van der Waals surface area contributed by atoms with Gasteiger partial charge < -0.3 is 40.9 Å². The summed E-state index contributed by atoms with van der Waals surface area (Å²) in [4.78, 5) is 9.71. The van der Waals surface area contributed by atoms with Gasteiger partial charge in [-0.15, -0.1) is 11.3 Å². The number of hydrogen-bond donors (Lipinski definition) is 4. The number of rotatable bonds is 12. The van der Waals surface area contributed by atoms with Gasteiger partial charge in [-0.05, 0) is 177 Å². The molecule has 24 nitrogen and oxygen atoms in total. The van der Waals surface area contributed by atoms with Gasteiger partial charge in [-0.25, -0.2) is 0 Å². The second kappa shape index (κ2) is 30.2. The molecule has 4 aliphatic heterocycles. The van der Waals surface area contributed by atoms with Crippen molar-refractivity contribution in [3.05, 3.63) is 200 Å². The van der Waals surface area contributed by atoms with Crippen molar-refractivity contribution in [2.45, 2.75) is 18.9 Å². The summed E-state index contributed by atoms with van der Waals surface area (Å²) in [5.74, 6) is 0. The van der Waals surface area contributed by atoms with Gasteiger partial charge in [0.1, 0.15) is 9.10 Å². The molecule has 0 bridgehead atoms. The zero-order valence-corrected chi connectivity index (χ0v) is 63.2. The van der Waals surface area contributed by atoms with Gasteiger partial charge in [-0.2, -0.15) is 70.4 Å². The van der Waals surface area contributed by atoms with Gasteiger partial charge in [0, 0.05) is 162 Å². The minimum Gasteiger partial charge on any atom is -0.369 e. The van der Waals surface area contributed by atoms with Crippen molar-refractivity contribution in [1.82, 2.24) is 58.0 Å². The van der Waals surface area contributed by atoms with Crippen LogP contribution in [0.3, 0.4) is 0 Å². The summed E-state index contributed by atoms with van der Waals surface area (Å²) < 4.78 is 111. The van der Waals surface area contributed by atoms with Crippen LogP contribution in [0, 0.1) is 0 Å². The average molecular weight is 1690 g/mol. The Hall–Kier alpha value is -7.12. The third-order valence-electron chi connectivity index (χ3n) is 17.1. The zero-order valence-electron chi connectivity index (χ0n) is 52.8. The molecule has 5 aromatic heterocycles. The molecule has 7 aromatic carbocycles. The van der Waals surface area contributed by atoms with Crippen LogP contribution in [0.4, 0.5) is 22.7 Å². The number of piperazine rings is 4. The first-order valence-electron chi connectivity index (χ1n) is 31.5. The molecule has 0 radical (unpaired) electrons. The van der Waals surface area contributed by atoms with E-state index < -0.39 is 40.1 Å². The van der Waals surface area contributed by atoms with Crippen molar-refractivity contribution >= 4 is 182 Å². The minimum atomic E-state index is -3.77. The van der Waals surface area contributed by atoms with Crippen LogP contribution in [0.1, 0.15) is 0 Å². The Morgan fingerprint density at radius 3 is 1.06 bits per heavy atom. The fraction of sp³-hybridized carbons (Fsp3) is 0.242. The van der Waals surface area contributed by atoms with E-state index in [2.05, 4.69) is 125 Å². The van der Waals surface area contributed by atoms with E-state index in [4.69, 9.17) is 0 Å². The SMILES string of the molecule is O=S(=O)(c1ccc(Br)cc1)n1ncc2cc(N3CCNCC3)ccc21.O=S(=O)(c1ccc(Br)cc1)n1ncc2ccc(N3CCNCC3)cc21.O=S(=O)(c1ccc(Br)s1)n1ncc2cc(N3CCNCC3)ccc21.O=S(=O)(c1ccccc1Br)n1ncc2ccc(N3CCNCC3)cc21. The molecule has 4 fully saturated rings. The van der Waals surface area contributed by atoms with Crippen molar-refractivity contribution in [3.63, 3.8) is 0 Å². The lowest BCUT2D eigenvalue weighted by Crippen LogP contribution is -2.43. The number of halogens is 4. The number of aromatic nitrogens is 8. The first-order valence-corrected chi connectivity index (χ1v) is 41.3. The highest BCUT2D eigenvalue weighted by atomic mass is 79.9. The second-order valence-electron chi connectivity index (χ2n) is 23.3. The van der Waals surface area contributed by atoms with E-state index in [-0.39, 0.29) is 18.9 Å². The quantitative estimate of drug-likeness (QED) is 0.0886. The highest BCUT2D eigenvalue weighted by Crippen LogP contribution is 2.34. The molecule has 0 saturated carbocycles. The number of hydrogen-bond acceptors (Lipinski definition) is 21. The summed E-state index contributed by atoms with van der Waals surface area (Å²) in [5.41, 5.74) is 6.58. The maximum atomic E-state index is 13.1. The number of benzene rings is 7. The molecule has 0 aliphatic carbocycles. The van der Waals surface area contributed by atoms with Gasteiger partial charge in [0.15, 0.2) is 0 Å². The molecule has 0 amide bonds. The lowest BCUT2D eigenvalue weighted by molar-refractivity contribution is 0.580. The topological polar surface area (TPSA) is 269 Å². The van der Waals surface area contributed by atoms with Crippen LogP contribution in [0.5, 0.6) is 0 Å². The zero-order chi connectivity index (χ0) is 69.1. The first kappa shape index (κ1) is 70.3. The molecule has 4 aliphatic rings. The lowest BCUT2D eigenvalue weighted by Gasteiger charge is -2.29. The van der Waals surface area contributed by atoms with Crippen LogP contribution >= 0.6 is 75.1 Å². The molecule has 99 heavy (non-hydrogen) atoms. The average Bonchev–Trinajstić information content (AvgIpc) is 1.59. The summed E-state index contributed by atoms with van der Waals surface area (Å²) >= 11 is 14.5. The molecule has 9 heterocycles. The van der Waals surface area contributed by atoms with Crippen molar-refractivity contribution in [1.29, 1.82) is 0 Å². The third-order valence-corrected chi connectivity index (χ3v) is 27.6. The van der Waals surface area contributed by atoms with E-state index in [1.165, 1.54) is 11.3 Å². The lowest BCUT2D eigenvalue weighted by atomic mass is 10.2. The number of thiophene rings is 1. The van der Waals surface area contributed by atoms with Crippen LogP contribution < -0.4 is 40.9 Å². The molecule has 4 saturated heterocycles. The fourth-order valence-electron chi connectivity index (χ4n) is 11.9. The van der Waals surface area contributed by atoms with E-state index in [1.54, 1.807) is 110 Å². The molecule has 12 aromatic rings. The highest BCUT2D eigenvalue weighted by Gasteiger charge is 2.28. The Bertz CT molecular complexity index is 5360. The van der Waals surface area contributed by atoms with Gasteiger partial charge in [0.2, 0.25) is 0 Å². The Morgan fingerprint density at radius 1 is 0.333 bits per heavy atom. The summed E-state index contributed by atoms with van der Waals surface area (Å²) in [6, 6.07) is 46.5. The Balaban J connectivity index is 0.000000119. The third kappa shape index (κ3) is 15.3. The second-order valence-corrected chi connectivity index (χ2v) is 35.7. The molecule has 0 atom stereocenters. The molecule has 0 unspecified atom stereocenters. The van der Waals surface area contributed by atoms with E-state index in [0.29, 0.717) is 26.5 Å². The number of anilines is 4. The summed E-state index contributed by atoms with van der Waals surface area (Å²) in [5, 5.41) is 33.1. The van der Waals surface area contributed by atoms with Gasteiger partial charge in [0.25, 0.3) is 40.1 Å². The molecular formula is C66H66Br4N16O8S5. The van der Waals surface area contributed by atoms with Crippen LogP contribution in [0.2, 0.25) is 0 Å². The number of fused-ring (bicyclic) bond motifs is 4. The molecular weight excluding hydrogens is 1620 g/mol. The van der Waals surface area contributed by atoms with E-state index in [1.807, 2.05) is 72.8 Å². The maximum Gasteiger partial charge on any atom is 0.293 e. The molecule has 516 valence electrons. The number of nitrogens with zero attached hydrogens (tertiary/aromatic N) is 12. The van der Waals surface area contributed by atoms with Gasteiger partial charge in [-0.1, -0.05) is 44.0 Å². The van der Waals surface area contributed by atoms with Crippen LogP contribution in [0.15, 0.2) is 219 Å². The van der Waals surface area contributed by atoms with Crippen molar-refractivity contribution in [2.24, 2.45) is 0 Å². The van der Waals surface area contributed by atoms with E-state index in [0.717, 1.165) is 178 Å².